The first-order valence-electron chi connectivity index (χ1n) is 7.73. The van der Waals surface area contributed by atoms with Gasteiger partial charge in [0.2, 0.25) is 0 Å². The van der Waals surface area contributed by atoms with Gasteiger partial charge in [0, 0.05) is 17.8 Å². The van der Waals surface area contributed by atoms with E-state index in [-0.39, 0.29) is 18.1 Å². The van der Waals surface area contributed by atoms with E-state index in [0.717, 1.165) is 20.2 Å². The van der Waals surface area contributed by atoms with Gasteiger partial charge in [-0.15, -0.1) is 0 Å². The molecule has 7 heteroatoms. The fourth-order valence-electron chi connectivity index (χ4n) is 2.25. The molecule has 0 bridgehead atoms. The lowest BCUT2D eigenvalue weighted by molar-refractivity contribution is -0.136. The van der Waals surface area contributed by atoms with Crippen LogP contribution in [0.3, 0.4) is 0 Å². The minimum absolute atomic E-state index is 0.0407. The summed E-state index contributed by atoms with van der Waals surface area (Å²) in [7, 11) is 0. The average Bonchev–Trinajstić information content (AvgIpc) is 2.51. The number of carbonyl (C=O) groups is 1. The van der Waals surface area contributed by atoms with Crippen LogP contribution in [-0.4, -0.2) is 22.7 Å². The van der Waals surface area contributed by atoms with Crippen molar-refractivity contribution in [3.63, 3.8) is 0 Å². The van der Waals surface area contributed by atoms with Crippen molar-refractivity contribution in [2.75, 3.05) is 11.9 Å². The number of halogens is 2. The Balaban J connectivity index is 2.20. The van der Waals surface area contributed by atoms with Crippen molar-refractivity contribution in [1.29, 1.82) is 0 Å². The summed E-state index contributed by atoms with van der Waals surface area (Å²) in [5.41, 5.74) is 1.60. The van der Waals surface area contributed by atoms with Gasteiger partial charge in [0.1, 0.15) is 11.5 Å². The van der Waals surface area contributed by atoms with E-state index in [9.17, 15) is 9.90 Å². The van der Waals surface area contributed by atoms with Crippen LogP contribution >= 0.6 is 31.9 Å². The van der Waals surface area contributed by atoms with Gasteiger partial charge in [0.15, 0.2) is 5.75 Å². The molecule has 0 fully saturated rings. The van der Waals surface area contributed by atoms with Crippen molar-refractivity contribution in [3.05, 3.63) is 44.8 Å². The van der Waals surface area contributed by atoms with Crippen molar-refractivity contribution in [2.24, 2.45) is 0 Å². The van der Waals surface area contributed by atoms with Gasteiger partial charge in [-0.2, -0.15) is 0 Å². The van der Waals surface area contributed by atoms with Crippen LogP contribution in [0, 0.1) is 0 Å². The van der Waals surface area contributed by atoms with Crippen molar-refractivity contribution < 1.29 is 19.7 Å². The summed E-state index contributed by atoms with van der Waals surface area (Å²) in [5, 5.41) is 21.7. The van der Waals surface area contributed by atoms with Gasteiger partial charge in [-0.3, -0.25) is 4.79 Å². The molecule has 134 valence electrons. The Kier molecular flexibility index (Phi) is 6.72. The Hall–Kier alpha value is -1.73. The molecule has 0 spiro atoms. The standard InChI is InChI=1S/C18H19Br2NO4/c1-10(2)13-9-12(3-4-16(13)22)25-18-14(19)7-11(8-15(18)20)21-6-5-17(23)24/h3-4,7-10,21-22H,5-6H2,1-2H3,(H,23,24). The summed E-state index contributed by atoms with van der Waals surface area (Å²) >= 11 is 6.96. The molecular weight excluding hydrogens is 454 g/mol. The first-order valence-corrected chi connectivity index (χ1v) is 9.32. The molecule has 0 unspecified atom stereocenters. The van der Waals surface area contributed by atoms with E-state index in [1.807, 2.05) is 32.0 Å². The van der Waals surface area contributed by atoms with Crippen molar-refractivity contribution in [1.82, 2.24) is 0 Å². The summed E-state index contributed by atoms with van der Waals surface area (Å²) < 4.78 is 7.40. The van der Waals surface area contributed by atoms with Gasteiger partial charge in [-0.05, 0) is 68.1 Å². The molecule has 2 aromatic carbocycles. The van der Waals surface area contributed by atoms with Gasteiger partial charge in [0.25, 0.3) is 0 Å². The van der Waals surface area contributed by atoms with Crippen molar-refractivity contribution >= 4 is 43.5 Å². The van der Waals surface area contributed by atoms with Crippen molar-refractivity contribution in [2.45, 2.75) is 26.2 Å². The number of benzene rings is 2. The Bertz CT molecular complexity index is 755. The molecule has 0 saturated carbocycles. The van der Waals surface area contributed by atoms with E-state index in [4.69, 9.17) is 9.84 Å². The number of aliphatic carboxylic acids is 1. The Morgan fingerprint density at radius 2 is 1.84 bits per heavy atom. The van der Waals surface area contributed by atoms with Crippen LogP contribution < -0.4 is 10.1 Å². The zero-order valence-electron chi connectivity index (χ0n) is 13.8. The second-order valence-corrected chi connectivity index (χ2v) is 7.53. The molecule has 5 nitrogen and oxygen atoms in total. The topological polar surface area (TPSA) is 78.8 Å². The molecule has 0 heterocycles. The third-order valence-electron chi connectivity index (χ3n) is 3.51. The maximum atomic E-state index is 10.6. The zero-order chi connectivity index (χ0) is 18.6. The highest BCUT2D eigenvalue weighted by Gasteiger charge is 2.13. The van der Waals surface area contributed by atoms with Crippen LogP contribution in [0.15, 0.2) is 39.3 Å². The van der Waals surface area contributed by atoms with Gasteiger partial charge >= 0.3 is 5.97 Å². The molecule has 0 aliphatic heterocycles. The van der Waals surface area contributed by atoms with E-state index in [1.165, 1.54) is 0 Å². The minimum atomic E-state index is -0.848. The molecular formula is C18H19Br2NO4. The van der Waals surface area contributed by atoms with Crippen LogP contribution in [0.5, 0.6) is 17.2 Å². The molecule has 25 heavy (non-hydrogen) atoms. The number of rotatable bonds is 7. The number of nitrogens with one attached hydrogen (secondary N) is 1. The Morgan fingerprint density at radius 3 is 2.40 bits per heavy atom. The highest BCUT2D eigenvalue weighted by molar-refractivity contribution is 9.11. The lowest BCUT2D eigenvalue weighted by atomic mass is 10.0. The van der Waals surface area contributed by atoms with Gasteiger partial charge in [-0.25, -0.2) is 0 Å². The van der Waals surface area contributed by atoms with Crippen LogP contribution in [0.4, 0.5) is 5.69 Å². The highest BCUT2D eigenvalue weighted by Crippen LogP contribution is 2.40. The van der Waals surface area contributed by atoms with E-state index in [1.54, 1.807) is 12.1 Å². The number of hydrogen-bond acceptors (Lipinski definition) is 4. The van der Waals surface area contributed by atoms with Gasteiger partial charge < -0.3 is 20.3 Å². The fraction of sp³-hybridized carbons (Fsp3) is 0.278. The zero-order valence-corrected chi connectivity index (χ0v) is 17.0. The molecule has 2 rings (SSSR count). The predicted octanol–water partition coefficient (Wildman–Crippen LogP) is 5.72. The van der Waals surface area contributed by atoms with E-state index in [0.29, 0.717) is 18.0 Å². The Morgan fingerprint density at radius 1 is 1.20 bits per heavy atom. The van der Waals surface area contributed by atoms with Crippen LogP contribution in [0.2, 0.25) is 0 Å². The monoisotopic (exact) mass is 471 g/mol. The maximum Gasteiger partial charge on any atom is 0.305 e. The Labute approximate surface area is 163 Å². The lowest BCUT2D eigenvalue weighted by Crippen LogP contribution is -2.07. The largest absolute Gasteiger partial charge is 0.508 e. The predicted molar refractivity (Wildman–Crippen MR) is 105 cm³/mol. The van der Waals surface area contributed by atoms with Crippen LogP contribution in [-0.2, 0) is 4.79 Å². The number of aromatic hydroxyl groups is 1. The van der Waals surface area contributed by atoms with E-state index < -0.39 is 5.97 Å². The first-order chi connectivity index (χ1) is 11.8. The SMILES string of the molecule is CC(C)c1cc(Oc2c(Br)cc(NCCC(=O)O)cc2Br)ccc1O. The molecule has 0 radical (unpaired) electrons. The number of phenolic OH excluding ortho intramolecular Hbond substituents is 1. The van der Waals surface area contributed by atoms with E-state index >= 15 is 0 Å². The maximum absolute atomic E-state index is 10.6. The molecule has 0 aliphatic rings. The van der Waals surface area contributed by atoms with Crippen LogP contribution in [0.25, 0.3) is 0 Å². The average molecular weight is 473 g/mol. The highest BCUT2D eigenvalue weighted by atomic mass is 79.9. The molecule has 0 amide bonds. The second kappa shape index (κ2) is 8.58. The smallest absolute Gasteiger partial charge is 0.305 e. The molecule has 3 N–H and O–H groups in total. The second-order valence-electron chi connectivity index (χ2n) is 5.82. The quantitative estimate of drug-likeness (QED) is 0.480. The number of carboxylic acids is 1. The third kappa shape index (κ3) is 5.37. The van der Waals surface area contributed by atoms with Crippen LogP contribution in [0.1, 0.15) is 31.7 Å². The number of hydrogen-bond donors (Lipinski definition) is 3. The van der Waals surface area contributed by atoms with E-state index in [2.05, 4.69) is 37.2 Å². The molecule has 0 saturated heterocycles. The first kappa shape index (κ1) is 19.6. The molecule has 2 aromatic rings. The molecule has 0 atom stereocenters. The minimum Gasteiger partial charge on any atom is -0.508 e. The fourth-order valence-corrected chi connectivity index (χ4v) is 3.60. The number of ether oxygens (including phenoxy) is 1. The summed E-state index contributed by atoms with van der Waals surface area (Å²) in [6.45, 7) is 4.34. The van der Waals surface area contributed by atoms with Gasteiger partial charge in [-0.1, -0.05) is 13.8 Å². The summed E-state index contributed by atoms with van der Waals surface area (Å²) in [4.78, 5) is 10.6. The summed E-state index contributed by atoms with van der Waals surface area (Å²) in [6.07, 6.45) is 0.0407. The number of anilines is 1. The third-order valence-corrected chi connectivity index (χ3v) is 4.69. The lowest BCUT2D eigenvalue weighted by Gasteiger charge is -2.15. The normalized spacial score (nSPS) is 10.8. The number of phenols is 1. The molecule has 0 aliphatic carbocycles. The van der Waals surface area contributed by atoms with Crippen molar-refractivity contribution in [3.8, 4) is 17.2 Å². The molecule has 0 aromatic heterocycles. The van der Waals surface area contributed by atoms with Gasteiger partial charge in [0.05, 0.1) is 15.4 Å². The number of carboxylic acid groups (broad SMARTS) is 1. The summed E-state index contributed by atoms with van der Waals surface area (Å²) in [6, 6.07) is 8.79. The summed E-state index contributed by atoms with van der Waals surface area (Å²) in [5.74, 6) is 0.798.